The molecular weight excluding hydrogens is 421 g/mol. The van der Waals surface area contributed by atoms with Gasteiger partial charge in [-0.2, -0.15) is 0 Å². The Bertz CT molecular complexity index is 1170. The summed E-state index contributed by atoms with van der Waals surface area (Å²) in [4.78, 5) is 4.72. The number of ether oxygens (including phenoxy) is 3. The van der Waals surface area contributed by atoms with Gasteiger partial charge in [0.15, 0.2) is 0 Å². The monoisotopic (exact) mass is 442 g/mol. The predicted molar refractivity (Wildman–Crippen MR) is 114 cm³/mol. The summed E-state index contributed by atoms with van der Waals surface area (Å²) in [7, 11) is 0. The highest BCUT2D eigenvalue weighted by atomic mass is 19.4. The Kier molecular flexibility index (Phi) is 6.20. The van der Waals surface area contributed by atoms with Crippen LogP contribution in [0.3, 0.4) is 0 Å². The van der Waals surface area contributed by atoms with Gasteiger partial charge >= 0.3 is 6.36 Å². The molecule has 0 bridgehead atoms. The lowest BCUT2D eigenvalue weighted by Crippen LogP contribution is -2.17. The summed E-state index contributed by atoms with van der Waals surface area (Å²) in [5.74, 6) is 1.86. The second kappa shape index (κ2) is 9.21. The zero-order valence-corrected chi connectivity index (χ0v) is 17.3. The van der Waals surface area contributed by atoms with Crippen LogP contribution in [-0.4, -0.2) is 22.5 Å². The van der Waals surface area contributed by atoms with Crippen LogP contribution in [-0.2, 0) is 13.2 Å². The van der Waals surface area contributed by atoms with Crippen molar-refractivity contribution in [2.45, 2.75) is 26.4 Å². The lowest BCUT2D eigenvalue weighted by Gasteiger charge is -2.12. The highest BCUT2D eigenvalue weighted by Gasteiger charge is 2.31. The van der Waals surface area contributed by atoms with Crippen molar-refractivity contribution in [1.29, 1.82) is 0 Å². The molecule has 0 spiro atoms. The van der Waals surface area contributed by atoms with Crippen LogP contribution in [0.4, 0.5) is 13.2 Å². The number of halogens is 3. The molecule has 5 nitrogen and oxygen atoms in total. The van der Waals surface area contributed by atoms with Crippen molar-refractivity contribution in [3.63, 3.8) is 0 Å². The van der Waals surface area contributed by atoms with E-state index in [0.29, 0.717) is 24.7 Å². The third kappa shape index (κ3) is 5.32. The summed E-state index contributed by atoms with van der Waals surface area (Å²) in [6.07, 6.45) is -4.72. The first-order valence-corrected chi connectivity index (χ1v) is 10.1. The standard InChI is InChI=1S/C24H21F3N2O3/c1-2-30-20-12-13-22-21(14-20)28-23(16-31-18-6-4-3-5-7-18)29(22)15-17-8-10-19(11-9-17)32-24(25,26)27/h3-14H,2,15-16H2,1H3. The SMILES string of the molecule is CCOc1ccc2c(c1)nc(COc1ccccc1)n2Cc1ccc(OC(F)(F)F)cc1. The smallest absolute Gasteiger partial charge is 0.494 e. The number of para-hydroxylation sites is 1. The summed E-state index contributed by atoms with van der Waals surface area (Å²) in [5.41, 5.74) is 2.42. The zero-order valence-electron chi connectivity index (χ0n) is 17.3. The van der Waals surface area contributed by atoms with Crippen molar-refractivity contribution in [3.8, 4) is 17.2 Å². The summed E-state index contributed by atoms with van der Waals surface area (Å²) in [5, 5.41) is 0. The van der Waals surface area contributed by atoms with E-state index in [9.17, 15) is 13.2 Å². The molecule has 0 N–H and O–H groups in total. The lowest BCUT2D eigenvalue weighted by molar-refractivity contribution is -0.274. The van der Waals surface area contributed by atoms with E-state index >= 15 is 0 Å². The molecular formula is C24H21F3N2O3. The minimum absolute atomic E-state index is 0.234. The molecule has 0 unspecified atom stereocenters. The molecule has 1 aromatic heterocycles. The van der Waals surface area contributed by atoms with Gasteiger partial charge in [-0.1, -0.05) is 30.3 Å². The van der Waals surface area contributed by atoms with Gasteiger partial charge in [0, 0.05) is 12.6 Å². The van der Waals surface area contributed by atoms with Gasteiger partial charge in [0.1, 0.15) is 29.7 Å². The average Bonchev–Trinajstić information content (AvgIpc) is 3.10. The summed E-state index contributed by atoms with van der Waals surface area (Å²) in [6, 6.07) is 20.8. The van der Waals surface area contributed by atoms with Gasteiger partial charge in [0.05, 0.1) is 17.6 Å². The minimum atomic E-state index is -4.72. The molecule has 166 valence electrons. The van der Waals surface area contributed by atoms with Crippen molar-refractivity contribution < 1.29 is 27.4 Å². The van der Waals surface area contributed by atoms with Crippen LogP contribution in [0, 0.1) is 0 Å². The third-order valence-electron chi connectivity index (χ3n) is 4.72. The molecule has 0 aliphatic heterocycles. The van der Waals surface area contributed by atoms with Crippen LogP contribution in [0.2, 0.25) is 0 Å². The maximum Gasteiger partial charge on any atom is 0.573 e. The van der Waals surface area contributed by atoms with Gasteiger partial charge in [-0.25, -0.2) is 4.98 Å². The van der Waals surface area contributed by atoms with E-state index in [1.54, 1.807) is 12.1 Å². The van der Waals surface area contributed by atoms with Gasteiger partial charge in [-0.05, 0) is 48.9 Å². The quantitative estimate of drug-likeness (QED) is 0.338. The molecule has 0 fully saturated rings. The van der Waals surface area contributed by atoms with E-state index in [-0.39, 0.29) is 12.4 Å². The van der Waals surface area contributed by atoms with Crippen molar-refractivity contribution in [3.05, 3.63) is 84.2 Å². The molecule has 4 aromatic rings. The first kappa shape index (κ1) is 21.5. The Morgan fingerprint density at radius 2 is 1.56 bits per heavy atom. The van der Waals surface area contributed by atoms with E-state index in [1.807, 2.05) is 60.0 Å². The van der Waals surface area contributed by atoms with E-state index in [0.717, 1.165) is 22.3 Å². The summed E-state index contributed by atoms with van der Waals surface area (Å²) in [6.45, 7) is 3.10. The molecule has 8 heteroatoms. The molecule has 32 heavy (non-hydrogen) atoms. The number of alkyl halides is 3. The zero-order chi connectivity index (χ0) is 22.6. The number of fused-ring (bicyclic) bond motifs is 1. The fourth-order valence-corrected chi connectivity index (χ4v) is 3.35. The van der Waals surface area contributed by atoms with Crippen molar-refractivity contribution >= 4 is 11.0 Å². The second-order valence-electron chi connectivity index (χ2n) is 6.99. The molecule has 0 amide bonds. The molecule has 0 saturated heterocycles. The van der Waals surface area contributed by atoms with Crippen LogP contribution in [0.5, 0.6) is 17.2 Å². The van der Waals surface area contributed by atoms with Gasteiger partial charge in [-0.3, -0.25) is 0 Å². The minimum Gasteiger partial charge on any atom is -0.494 e. The highest BCUT2D eigenvalue weighted by Crippen LogP contribution is 2.26. The maximum atomic E-state index is 12.4. The Morgan fingerprint density at radius 1 is 0.844 bits per heavy atom. The maximum absolute atomic E-state index is 12.4. The van der Waals surface area contributed by atoms with Crippen LogP contribution in [0.15, 0.2) is 72.8 Å². The molecule has 0 saturated carbocycles. The number of aromatic nitrogens is 2. The summed E-state index contributed by atoms with van der Waals surface area (Å²) < 4.78 is 54.7. The van der Waals surface area contributed by atoms with Crippen LogP contribution in [0.1, 0.15) is 18.3 Å². The molecule has 0 atom stereocenters. The average molecular weight is 442 g/mol. The topological polar surface area (TPSA) is 45.5 Å². The normalized spacial score (nSPS) is 11.5. The number of imidazole rings is 1. The number of hydrogen-bond donors (Lipinski definition) is 0. The number of rotatable bonds is 8. The predicted octanol–water partition coefficient (Wildman–Crippen LogP) is 5.96. The van der Waals surface area contributed by atoms with Crippen molar-refractivity contribution in [2.24, 2.45) is 0 Å². The third-order valence-corrected chi connectivity index (χ3v) is 4.72. The first-order valence-electron chi connectivity index (χ1n) is 10.1. The Balaban J connectivity index is 1.62. The highest BCUT2D eigenvalue weighted by molar-refractivity contribution is 5.78. The van der Waals surface area contributed by atoms with Crippen LogP contribution < -0.4 is 14.2 Å². The summed E-state index contributed by atoms with van der Waals surface area (Å²) >= 11 is 0. The van der Waals surface area contributed by atoms with E-state index in [1.165, 1.54) is 12.1 Å². The van der Waals surface area contributed by atoms with Gasteiger partial charge in [0.25, 0.3) is 0 Å². The molecule has 4 rings (SSSR count). The Labute approximate surface area is 183 Å². The number of hydrogen-bond acceptors (Lipinski definition) is 4. The molecule has 0 aliphatic carbocycles. The van der Waals surface area contributed by atoms with Crippen LogP contribution in [0.25, 0.3) is 11.0 Å². The molecule has 1 heterocycles. The molecule has 3 aromatic carbocycles. The molecule has 0 radical (unpaired) electrons. The van der Waals surface area contributed by atoms with E-state index in [2.05, 4.69) is 4.74 Å². The lowest BCUT2D eigenvalue weighted by atomic mass is 10.2. The second-order valence-corrected chi connectivity index (χ2v) is 6.99. The van der Waals surface area contributed by atoms with Gasteiger partial charge in [0.2, 0.25) is 0 Å². The van der Waals surface area contributed by atoms with Crippen molar-refractivity contribution in [1.82, 2.24) is 9.55 Å². The van der Waals surface area contributed by atoms with Crippen molar-refractivity contribution in [2.75, 3.05) is 6.61 Å². The fraction of sp³-hybridized carbons (Fsp3) is 0.208. The first-order chi connectivity index (χ1) is 15.4. The Morgan fingerprint density at radius 3 is 2.25 bits per heavy atom. The fourth-order valence-electron chi connectivity index (χ4n) is 3.35. The largest absolute Gasteiger partial charge is 0.573 e. The molecule has 0 aliphatic rings. The van der Waals surface area contributed by atoms with Gasteiger partial charge in [-0.15, -0.1) is 13.2 Å². The van der Waals surface area contributed by atoms with E-state index in [4.69, 9.17) is 14.5 Å². The number of benzene rings is 3. The van der Waals surface area contributed by atoms with E-state index < -0.39 is 6.36 Å². The Hall–Kier alpha value is -3.68. The number of nitrogens with zero attached hydrogens (tertiary/aromatic N) is 2. The van der Waals surface area contributed by atoms with Crippen LogP contribution >= 0.6 is 0 Å². The van der Waals surface area contributed by atoms with Gasteiger partial charge < -0.3 is 18.8 Å².